The lowest BCUT2D eigenvalue weighted by atomic mass is 10.1. The van der Waals surface area contributed by atoms with Crippen molar-refractivity contribution in [1.82, 2.24) is 5.32 Å². The van der Waals surface area contributed by atoms with E-state index in [2.05, 4.69) is 31.3 Å². The molecule has 0 fully saturated rings. The van der Waals surface area contributed by atoms with E-state index in [4.69, 9.17) is 13.8 Å². The van der Waals surface area contributed by atoms with Gasteiger partial charge in [0.15, 0.2) is 6.04 Å². The molecule has 0 radical (unpaired) electrons. The smallest absolute Gasteiger partial charge is 0.472 e. The van der Waals surface area contributed by atoms with Crippen molar-refractivity contribution in [2.75, 3.05) is 19.8 Å². The number of aliphatic carboxylic acids is 1. The highest BCUT2D eigenvalue weighted by Gasteiger charge is 2.28. The molecular weight excluding hydrogens is 637 g/mol. The minimum atomic E-state index is -4.74. The van der Waals surface area contributed by atoms with Crippen molar-refractivity contribution in [1.29, 1.82) is 0 Å². The largest absolute Gasteiger partial charge is 0.480 e. The second kappa shape index (κ2) is 32.4. The molecule has 0 saturated carbocycles. The van der Waals surface area contributed by atoms with Crippen LogP contribution in [-0.4, -0.2) is 64.9 Å². The number of allylic oxidation sites excluding steroid dienone is 2. The van der Waals surface area contributed by atoms with Crippen molar-refractivity contribution in [2.24, 2.45) is 0 Å². The Hall–Kier alpha value is -1.78. The number of aliphatic hydroxyl groups is 1. The lowest BCUT2D eigenvalue weighted by molar-refractivity contribution is -0.147. The molecule has 3 atom stereocenters. The Morgan fingerprint density at radius 1 is 0.646 bits per heavy atom. The van der Waals surface area contributed by atoms with Crippen LogP contribution in [0.25, 0.3) is 0 Å². The van der Waals surface area contributed by atoms with E-state index < -0.39 is 57.6 Å². The lowest BCUT2D eigenvalue weighted by Crippen LogP contribution is -2.43. The van der Waals surface area contributed by atoms with Crippen LogP contribution in [-0.2, 0) is 32.7 Å². The Morgan fingerprint density at radius 3 is 1.60 bits per heavy atom. The van der Waals surface area contributed by atoms with Crippen LogP contribution < -0.4 is 5.32 Å². The van der Waals surface area contributed by atoms with Gasteiger partial charge in [-0.05, 0) is 38.5 Å². The summed E-state index contributed by atoms with van der Waals surface area (Å²) in [6, 6.07) is -1.54. The lowest BCUT2D eigenvalue weighted by Gasteiger charge is -2.18. The second-order valence-electron chi connectivity index (χ2n) is 12.8. The molecule has 282 valence electrons. The summed E-state index contributed by atoms with van der Waals surface area (Å²) in [5.41, 5.74) is 0. The fourth-order valence-electron chi connectivity index (χ4n) is 5.07. The van der Waals surface area contributed by atoms with E-state index in [1.165, 1.54) is 70.6 Å². The number of nitrogens with one attached hydrogen (secondary N) is 1. The molecule has 11 nitrogen and oxygen atoms in total. The highest BCUT2D eigenvalue weighted by molar-refractivity contribution is 7.47. The molecule has 3 unspecified atom stereocenters. The number of hydrogen-bond donors (Lipinski definition) is 4. The van der Waals surface area contributed by atoms with Gasteiger partial charge in [-0.15, -0.1) is 0 Å². The van der Waals surface area contributed by atoms with Gasteiger partial charge < -0.3 is 25.2 Å². The number of phosphoric acid groups is 1. The first kappa shape index (κ1) is 46.2. The van der Waals surface area contributed by atoms with Crippen molar-refractivity contribution >= 4 is 25.7 Å². The summed E-state index contributed by atoms with van der Waals surface area (Å²) in [5.74, 6) is -2.38. The van der Waals surface area contributed by atoms with Crippen LogP contribution in [0.2, 0.25) is 0 Å². The Bertz CT molecular complexity index is 885. The van der Waals surface area contributed by atoms with Crippen LogP contribution in [0.1, 0.15) is 168 Å². The quantitative estimate of drug-likeness (QED) is 0.0217. The third kappa shape index (κ3) is 31.5. The van der Waals surface area contributed by atoms with Gasteiger partial charge in [0, 0.05) is 12.8 Å². The maximum Gasteiger partial charge on any atom is 0.472 e. The zero-order valence-electron chi connectivity index (χ0n) is 30.0. The zero-order valence-corrected chi connectivity index (χ0v) is 30.9. The molecule has 0 heterocycles. The van der Waals surface area contributed by atoms with Gasteiger partial charge in [0.2, 0.25) is 5.91 Å². The van der Waals surface area contributed by atoms with Crippen molar-refractivity contribution in [3.8, 4) is 0 Å². The van der Waals surface area contributed by atoms with Crippen molar-refractivity contribution in [2.45, 2.75) is 180 Å². The minimum Gasteiger partial charge on any atom is -0.480 e. The third-order valence-electron chi connectivity index (χ3n) is 8.05. The van der Waals surface area contributed by atoms with E-state index in [-0.39, 0.29) is 12.8 Å². The monoisotopic (exact) mass is 705 g/mol. The Morgan fingerprint density at radius 2 is 1.08 bits per heavy atom. The molecular formula is C36H68NO10P. The number of aliphatic hydroxyl groups excluding tert-OH is 1. The number of rotatable bonds is 35. The number of carboxylic acids is 1. The number of phosphoric ester groups is 1. The highest BCUT2D eigenvalue weighted by Crippen LogP contribution is 2.43. The molecule has 12 heteroatoms. The van der Waals surface area contributed by atoms with Crippen LogP contribution in [0.5, 0.6) is 0 Å². The predicted molar refractivity (Wildman–Crippen MR) is 190 cm³/mol. The number of carboxylic acid groups (broad SMARTS) is 1. The fourth-order valence-corrected chi connectivity index (χ4v) is 5.85. The zero-order chi connectivity index (χ0) is 35.7. The van der Waals surface area contributed by atoms with Crippen LogP contribution in [0.3, 0.4) is 0 Å². The van der Waals surface area contributed by atoms with E-state index in [1.54, 1.807) is 0 Å². The number of hydrogen-bond acceptors (Lipinski definition) is 8. The summed E-state index contributed by atoms with van der Waals surface area (Å²) in [7, 11) is -4.74. The van der Waals surface area contributed by atoms with Crippen LogP contribution in [0, 0.1) is 0 Å². The molecule has 0 bridgehead atoms. The van der Waals surface area contributed by atoms with Crippen LogP contribution in [0.4, 0.5) is 0 Å². The number of ether oxygens (including phenoxy) is 1. The Labute approximate surface area is 290 Å². The fraction of sp³-hybridized carbons (Fsp3) is 0.861. The molecule has 0 aromatic carbocycles. The number of carbonyl (C=O) groups is 3. The standard InChI is InChI=1S/C36H68NO10P/c1-3-5-7-9-11-13-15-16-18-19-21-23-25-27-34(39)37-33(36(41)42)31-47-48(43,44)46-30-32(38)29-45-35(40)28-26-24-22-20-17-14-12-10-8-6-4-2/h13,15,32-33,38H,3-12,14,16-31H2,1-2H3,(H,37,39)(H,41,42)(H,43,44)/b15-13-. The van der Waals surface area contributed by atoms with Gasteiger partial charge in [-0.2, -0.15) is 0 Å². The van der Waals surface area contributed by atoms with Crippen molar-refractivity contribution < 1.29 is 47.8 Å². The molecule has 0 saturated heterocycles. The number of unbranched alkanes of at least 4 members (excludes halogenated alkanes) is 19. The number of amides is 1. The molecule has 4 N–H and O–H groups in total. The number of carbonyl (C=O) groups excluding carboxylic acids is 2. The molecule has 48 heavy (non-hydrogen) atoms. The van der Waals surface area contributed by atoms with Gasteiger partial charge in [0.25, 0.3) is 0 Å². The van der Waals surface area contributed by atoms with Crippen LogP contribution in [0.15, 0.2) is 12.2 Å². The average molecular weight is 706 g/mol. The first-order valence-electron chi connectivity index (χ1n) is 18.7. The highest BCUT2D eigenvalue weighted by atomic mass is 31.2. The summed E-state index contributed by atoms with van der Waals surface area (Å²) in [5, 5.41) is 21.7. The maximum atomic E-state index is 12.2. The minimum absolute atomic E-state index is 0.138. The second-order valence-corrected chi connectivity index (χ2v) is 14.2. The van der Waals surface area contributed by atoms with Gasteiger partial charge in [-0.25, -0.2) is 9.36 Å². The predicted octanol–water partition coefficient (Wildman–Crippen LogP) is 8.55. The van der Waals surface area contributed by atoms with E-state index in [0.29, 0.717) is 12.8 Å². The SMILES string of the molecule is CCCCCC/C=C\CCCCCCCC(=O)NC(COP(=O)(O)OCC(O)COC(=O)CCCCCCCCCCCCC)C(=O)O. The summed E-state index contributed by atoms with van der Waals surface area (Å²) in [6.45, 7) is 2.54. The summed E-state index contributed by atoms with van der Waals surface area (Å²) in [4.78, 5) is 45.6. The molecule has 0 aliphatic heterocycles. The average Bonchev–Trinajstić information content (AvgIpc) is 3.05. The van der Waals surface area contributed by atoms with E-state index in [9.17, 15) is 34.1 Å². The molecule has 1 amide bonds. The van der Waals surface area contributed by atoms with Gasteiger partial charge in [-0.1, -0.05) is 129 Å². The van der Waals surface area contributed by atoms with Gasteiger partial charge in [0.05, 0.1) is 13.2 Å². The number of esters is 1. The van der Waals surface area contributed by atoms with E-state index in [1.807, 2.05) is 0 Å². The maximum absolute atomic E-state index is 12.2. The molecule has 0 aromatic heterocycles. The first-order valence-corrected chi connectivity index (χ1v) is 20.2. The Kier molecular flexibility index (Phi) is 31.2. The topological polar surface area (TPSA) is 169 Å². The normalized spacial score (nSPS) is 14.1. The van der Waals surface area contributed by atoms with Crippen molar-refractivity contribution in [3.63, 3.8) is 0 Å². The first-order chi connectivity index (χ1) is 23.1. The van der Waals surface area contributed by atoms with Gasteiger partial charge in [-0.3, -0.25) is 18.6 Å². The molecule has 0 aliphatic carbocycles. The molecule has 0 spiro atoms. The molecule has 0 aromatic rings. The molecule has 0 aliphatic rings. The van der Waals surface area contributed by atoms with Gasteiger partial charge >= 0.3 is 19.8 Å². The van der Waals surface area contributed by atoms with Crippen molar-refractivity contribution in [3.05, 3.63) is 12.2 Å². The third-order valence-corrected chi connectivity index (χ3v) is 9.01. The summed E-state index contributed by atoms with van der Waals surface area (Å²) >= 11 is 0. The summed E-state index contributed by atoms with van der Waals surface area (Å²) in [6.07, 6.45) is 28.2. The van der Waals surface area contributed by atoms with Gasteiger partial charge in [0.1, 0.15) is 12.7 Å². The Balaban J connectivity index is 3.99. The van der Waals surface area contributed by atoms with E-state index in [0.717, 1.165) is 57.8 Å². The molecule has 0 rings (SSSR count). The van der Waals surface area contributed by atoms with E-state index >= 15 is 0 Å². The summed E-state index contributed by atoms with van der Waals surface area (Å²) < 4.78 is 26.7. The van der Waals surface area contributed by atoms with Crippen LogP contribution >= 0.6 is 7.82 Å².